The van der Waals surface area contributed by atoms with Crippen LogP contribution in [-0.4, -0.2) is 30.1 Å². The molecule has 0 radical (unpaired) electrons. The van der Waals surface area contributed by atoms with Gasteiger partial charge in [0, 0.05) is 18.6 Å². The Bertz CT molecular complexity index is 229. The molecule has 0 amide bonds. The maximum absolute atomic E-state index is 6.58. The van der Waals surface area contributed by atoms with Crippen molar-refractivity contribution in [2.75, 3.05) is 19.6 Å². The van der Waals surface area contributed by atoms with Crippen LogP contribution in [0.3, 0.4) is 0 Å². The van der Waals surface area contributed by atoms with Gasteiger partial charge in [0.05, 0.1) is 0 Å². The summed E-state index contributed by atoms with van der Waals surface area (Å²) in [5.41, 5.74) is 6.70. The van der Waals surface area contributed by atoms with Crippen LogP contribution in [0.15, 0.2) is 0 Å². The van der Waals surface area contributed by atoms with E-state index in [0.29, 0.717) is 0 Å². The highest BCUT2D eigenvalue weighted by atomic mass is 15.2. The van der Waals surface area contributed by atoms with Gasteiger partial charge >= 0.3 is 0 Å². The van der Waals surface area contributed by atoms with Crippen LogP contribution in [0.4, 0.5) is 0 Å². The van der Waals surface area contributed by atoms with Crippen molar-refractivity contribution in [3.63, 3.8) is 0 Å². The van der Waals surface area contributed by atoms with E-state index in [2.05, 4.69) is 18.7 Å². The number of nitrogens with zero attached hydrogens (tertiary/aromatic N) is 1. The monoisotopic (exact) mass is 224 g/mol. The van der Waals surface area contributed by atoms with Crippen LogP contribution in [0, 0.1) is 11.8 Å². The summed E-state index contributed by atoms with van der Waals surface area (Å²) >= 11 is 0. The minimum atomic E-state index is 0.120. The zero-order valence-electron chi connectivity index (χ0n) is 11.0. The SMILES string of the molecule is CC1CCCN(CC2(N)CCCC(C)C2)C1. The molecule has 0 bridgehead atoms. The predicted octanol–water partition coefficient (Wildman–Crippen LogP) is 2.63. The molecule has 2 fully saturated rings. The molecule has 2 N–H and O–H groups in total. The van der Waals surface area contributed by atoms with E-state index in [0.717, 1.165) is 18.4 Å². The number of likely N-dealkylation sites (tertiary alicyclic amines) is 1. The highest BCUT2D eigenvalue weighted by molar-refractivity contribution is 4.93. The van der Waals surface area contributed by atoms with Gasteiger partial charge in [-0.05, 0) is 44.1 Å². The van der Waals surface area contributed by atoms with Crippen LogP contribution in [0.5, 0.6) is 0 Å². The molecular weight excluding hydrogens is 196 g/mol. The summed E-state index contributed by atoms with van der Waals surface area (Å²) in [7, 11) is 0. The molecule has 3 unspecified atom stereocenters. The molecule has 2 rings (SSSR count). The molecule has 1 saturated heterocycles. The molecule has 2 aliphatic rings. The van der Waals surface area contributed by atoms with Crippen LogP contribution in [0.1, 0.15) is 52.4 Å². The minimum absolute atomic E-state index is 0.120. The van der Waals surface area contributed by atoms with Crippen molar-refractivity contribution in [3.05, 3.63) is 0 Å². The van der Waals surface area contributed by atoms with Crippen molar-refractivity contribution < 1.29 is 0 Å². The predicted molar refractivity (Wildman–Crippen MR) is 69.4 cm³/mol. The van der Waals surface area contributed by atoms with Gasteiger partial charge in [0.25, 0.3) is 0 Å². The molecule has 0 aromatic carbocycles. The van der Waals surface area contributed by atoms with Gasteiger partial charge in [-0.3, -0.25) is 0 Å². The zero-order valence-corrected chi connectivity index (χ0v) is 11.0. The first-order valence-electron chi connectivity index (χ1n) is 7.09. The van der Waals surface area contributed by atoms with Gasteiger partial charge < -0.3 is 10.6 Å². The van der Waals surface area contributed by atoms with Crippen molar-refractivity contribution in [3.8, 4) is 0 Å². The van der Waals surface area contributed by atoms with E-state index in [9.17, 15) is 0 Å². The molecule has 0 aromatic heterocycles. The van der Waals surface area contributed by atoms with Crippen molar-refractivity contribution in [2.24, 2.45) is 17.6 Å². The fourth-order valence-corrected chi connectivity index (χ4v) is 3.72. The lowest BCUT2D eigenvalue weighted by Crippen LogP contribution is -2.54. The van der Waals surface area contributed by atoms with Crippen LogP contribution >= 0.6 is 0 Å². The summed E-state index contributed by atoms with van der Waals surface area (Å²) in [4.78, 5) is 2.62. The Balaban J connectivity index is 1.87. The van der Waals surface area contributed by atoms with E-state index in [4.69, 9.17) is 5.73 Å². The van der Waals surface area contributed by atoms with Crippen molar-refractivity contribution in [1.82, 2.24) is 4.90 Å². The second-order valence-corrected chi connectivity index (χ2v) is 6.55. The zero-order chi connectivity index (χ0) is 11.6. The van der Waals surface area contributed by atoms with Crippen molar-refractivity contribution in [1.29, 1.82) is 0 Å². The molecule has 0 spiro atoms. The number of rotatable bonds is 2. The quantitative estimate of drug-likeness (QED) is 0.781. The Hall–Kier alpha value is -0.0800. The highest BCUT2D eigenvalue weighted by Crippen LogP contribution is 2.31. The second-order valence-electron chi connectivity index (χ2n) is 6.55. The van der Waals surface area contributed by atoms with Crippen LogP contribution in [0.2, 0.25) is 0 Å². The lowest BCUT2D eigenvalue weighted by atomic mass is 9.76. The van der Waals surface area contributed by atoms with Gasteiger partial charge in [-0.2, -0.15) is 0 Å². The summed E-state index contributed by atoms with van der Waals surface area (Å²) in [5, 5.41) is 0. The Morgan fingerprint density at radius 2 is 1.94 bits per heavy atom. The summed E-state index contributed by atoms with van der Waals surface area (Å²) in [6.45, 7) is 8.42. The van der Waals surface area contributed by atoms with Crippen LogP contribution in [-0.2, 0) is 0 Å². The molecule has 16 heavy (non-hydrogen) atoms. The van der Waals surface area contributed by atoms with Crippen LogP contribution < -0.4 is 5.73 Å². The maximum atomic E-state index is 6.58. The van der Waals surface area contributed by atoms with E-state index in [-0.39, 0.29) is 5.54 Å². The number of hydrogen-bond acceptors (Lipinski definition) is 2. The first kappa shape index (κ1) is 12.4. The Labute approximate surface area is 101 Å². The van der Waals surface area contributed by atoms with E-state index in [1.54, 1.807) is 0 Å². The third-order valence-corrected chi connectivity index (χ3v) is 4.41. The fraction of sp³-hybridized carbons (Fsp3) is 1.00. The third-order valence-electron chi connectivity index (χ3n) is 4.41. The Morgan fingerprint density at radius 1 is 1.19 bits per heavy atom. The Kier molecular flexibility index (Phi) is 3.91. The van der Waals surface area contributed by atoms with E-state index < -0.39 is 0 Å². The van der Waals surface area contributed by atoms with Gasteiger partial charge in [0.15, 0.2) is 0 Å². The van der Waals surface area contributed by atoms with Gasteiger partial charge in [0.2, 0.25) is 0 Å². The molecular formula is C14H28N2. The lowest BCUT2D eigenvalue weighted by molar-refractivity contribution is 0.114. The smallest absolute Gasteiger partial charge is 0.0285 e. The lowest BCUT2D eigenvalue weighted by Gasteiger charge is -2.42. The first-order valence-corrected chi connectivity index (χ1v) is 7.09. The molecule has 1 heterocycles. The summed E-state index contributed by atoms with van der Waals surface area (Å²) in [5.74, 6) is 1.71. The largest absolute Gasteiger partial charge is 0.324 e. The molecule has 1 aliphatic heterocycles. The molecule has 3 atom stereocenters. The molecule has 94 valence electrons. The van der Waals surface area contributed by atoms with E-state index in [1.165, 1.54) is 51.6 Å². The molecule has 2 nitrogen and oxygen atoms in total. The topological polar surface area (TPSA) is 29.3 Å². The fourth-order valence-electron chi connectivity index (χ4n) is 3.72. The normalized spacial score (nSPS) is 42.2. The summed E-state index contributed by atoms with van der Waals surface area (Å²) in [6, 6.07) is 0. The second kappa shape index (κ2) is 5.05. The molecule has 1 aliphatic carbocycles. The number of nitrogens with two attached hydrogens (primary N) is 1. The van der Waals surface area contributed by atoms with Gasteiger partial charge in [-0.1, -0.05) is 26.7 Å². The molecule has 1 saturated carbocycles. The average Bonchev–Trinajstić information content (AvgIpc) is 2.16. The Morgan fingerprint density at radius 3 is 2.62 bits per heavy atom. The van der Waals surface area contributed by atoms with Crippen LogP contribution in [0.25, 0.3) is 0 Å². The summed E-state index contributed by atoms with van der Waals surface area (Å²) in [6.07, 6.45) is 7.97. The summed E-state index contributed by atoms with van der Waals surface area (Å²) < 4.78 is 0. The van der Waals surface area contributed by atoms with Gasteiger partial charge in [0.1, 0.15) is 0 Å². The highest BCUT2D eigenvalue weighted by Gasteiger charge is 2.33. The number of hydrogen-bond donors (Lipinski definition) is 1. The standard InChI is InChI=1S/C14H28N2/c1-12-5-3-7-14(15,9-12)11-16-8-4-6-13(2)10-16/h12-13H,3-11,15H2,1-2H3. The molecule has 0 aromatic rings. The van der Waals surface area contributed by atoms with E-state index in [1.807, 2.05) is 0 Å². The van der Waals surface area contributed by atoms with Gasteiger partial charge in [-0.15, -0.1) is 0 Å². The third kappa shape index (κ3) is 3.21. The average molecular weight is 224 g/mol. The van der Waals surface area contributed by atoms with E-state index >= 15 is 0 Å². The van der Waals surface area contributed by atoms with Crippen molar-refractivity contribution in [2.45, 2.75) is 57.9 Å². The van der Waals surface area contributed by atoms with Gasteiger partial charge in [-0.25, -0.2) is 0 Å². The maximum Gasteiger partial charge on any atom is 0.0285 e. The molecule has 2 heteroatoms. The minimum Gasteiger partial charge on any atom is -0.324 e. The van der Waals surface area contributed by atoms with Crippen molar-refractivity contribution >= 4 is 0 Å². The first-order chi connectivity index (χ1) is 7.57. The number of piperidine rings is 1.